The Hall–Kier alpha value is -2.00. The molecule has 0 heterocycles. The van der Waals surface area contributed by atoms with Crippen molar-refractivity contribution in [3.05, 3.63) is 59.7 Å². The van der Waals surface area contributed by atoms with Crippen LogP contribution in [0.4, 0.5) is 0 Å². The Bertz CT molecular complexity index is 508. The third-order valence-corrected chi connectivity index (χ3v) is 3.06. The second kappa shape index (κ2) is 6.81. The maximum absolute atomic E-state index is 9.63. The van der Waals surface area contributed by atoms with Gasteiger partial charge >= 0.3 is 0 Å². The largest absolute Gasteiger partial charge is 0.508 e. The Labute approximate surface area is 113 Å². The molecule has 3 nitrogen and oxygen atoms in total. The van der Waals surface area contributed by atoms with Gasteiger partial charge < -0.3 is 15.2 Å². The molecule has 2 aromatic rings. The standard InChI is InChI=1S/C16H19NO2/c1-19-15-8-6-13(7-9-15)10-11-17-12-14-4-2-3-5-16(14)18/h2-9,17-18H,10-12H2,1H3. The summed E-state index contributed by atoms with van der Waals surface area (Å²) in [6, 6.07) is 15.5. The summed E-state index contributed by atoms with van der Waals surface area (Å²) in [4.78, 5) is 0. The van der Waals surface area contributed by atoms with Gasteiger partial charge in [-0.15, -0.1) is 0 Å². The van der Waals surface area contributed by atoms with Gasteiger partial charge in [-0.3, -0.25) is 0 Å². The Morgan fingerprint density at radius 2 is 1.79 bits per heavy atom. The van der Waals surface area contributed by atoms with Crippen molar-refractivity contribution in [2.24, 2.45) is 0 Å². The molecular formula is C16H19NO2. The highest BCUT2D eigenvalue weighted by Crippen LogP contribution is 2.15. The lowest BCUT2D eigenvalue weighted by molar-refractivity contribution is 0.414. The summed E-state index contributed by atoms with van der Waals surface area (Å²) in [5, 5.41) is 13.0. The molecule has 0 aromatic heterocycles. The number of methoxy groups -OCH3 is 1. The highest BCUT2D eigenvalue weighted by molar-refractivity contribution is 5.31. The summed E-state index contributed by atoms with van der Waals surface area (Å²) in [5.74, 6) is 1.23. The molecule has 2 N–H and O–H groups in total. The summed E-state index contributed by atoms with van der Waals surface area (Å²) in [6.45, 7) is 1.56. The van der Waals surface area contributed by atoms with E-state index in [2.05, 4.69) is 17.4 Å². The zero-order chi connectivity index (χ0) is 13.5. The highest BCUT2D eigenvalue weighted by Gasteiger charge is 1.99. The van der Waals surface area contributed by atoms with Crippen LogP contribution in [-0.2, 0) is 13.0 Å². The van der Waals surface area contributed by atoms with E-state index in [1.807, 2.05) is 30.3 Å². The van der Waals surface area contributed by atoms with E-state index in [0.29, 0.717) is 12.3 Å². The summed E-state index contributed by atoms with van der Waals surface area (Å²) >= 11 is 0. The number of nitrogens with one attached hydrogen (secondary N) is 1. The van der Waals surface area contributed by atoms with Crippen molar-refractivity contribution in [3.8, 4) is 11.5 Å². The zero-order valence-electron chi connectivity index (χ0n) is 11.1. The molecule has 3 heteroatoms. The summed E-state index contributed by atoms with van der Waals surface area (Å²) in [6.07, 6.45) is 0.956. The molecule has 0 aliphatic rings. The van der Waals surface area contributed by atoms with Gasteiger partial charge in [0.15, 0.2) is 0 Å². The van der Waals surface area contributed by atoms with E-state index in [9.17, 15) is 5.11 Å². The molecular weight excluding hydrogens is 238 g/mol. The third kappa shape index (κ3) is 4.00. The Balaban J connectivity index is 1.76. The topological polar surface area (TPSA) is 41.5 Å². The van der Waals surface area contributed by atoms with Crippen LogP contribution in [0.3, 0.4) is 0 Å². The monoisotopic (exact) mass is 257 g/mol. The first-order valence-electron chi connectivity index (χ1n) is 6.40. The highest BCUT2D eigenvalue weighted by atomic mass is 16.5. The van der Waals surface area contributed by atoms with E-state index in [-0.39, 0.29) is 0 Å². The van der Waals surface area contributed by atoms with Crippen molar-refractivity contribution in [3.63, 3.8) is 0 Å². The number of rotatable bonds is 6. The van der Waals surface area contributed by atoms with Crippen LogP contribution in [0.15, 0.2) is 48.5 Å². The zero-order valence-corrected chi connectivity index (χ0v) is 11.1. The average Bonchev–Trinajstić information content (AvgIpc) is 2.46. The molecule has 2 aromatic carbocycles. The van der Waals surface area contributed by atoms with Gasteiger partial charge in [0.1, 0.15) is 11.5 Å². The molecule has 0 bridgehead atoms. The minimum absolute atomic E-state index is 0.347. The van der Waals surface area contributed by atoms with Crippen molar-refractivity contribution in [1.29, 1.82) is 0 Å². The van der Waals surface area contributed by atoms with E-state index in [4.69, 9.17) is 4.74 Å². The number of hydrogen-bond acceptors (Lipinski definition) is 3. The van der Waals surface area contributed by atoms with Gasteiger partial charge in [0.25, 0.3) is 0 Å². The number of ether oxygens (including phenoxy) is 1. The number of para-hydroxylation sites is 1. The molecule has 0 unspecified atom stereocenters. The van der Waals surface area contributed by atoms with Gasteiger partial charge in [-0.25, -0.2) is 0 Å². The number of aromatic hydroxyl groups is 1. The molecule has 0 aliphatic carbocycles. The van der Waals surface area contributed by atoms with Crippen LogP contribution in [0.2, 0.25) is 0 Å². The van der Waals surface area contributed by atoms with E-state index in [1.54, 1.807) is 13.2 Å². The lowest BCUT2D eigenvalue weighted by Crippen LogP contribution is -2.16. The lowest BCUT2D eigenvalue weighted by atomic mass is 10.1. The maximum Gasteiger partial charge on any atom is 0.120 e. The van der Waals surface area contributed by atoms with Gasteiger partial charge in [-0.05, 0) is 36.7 Å². The van der Waals surface area contributed by atoms with Gasteiger partial charge in [-0.2, -0.15) is 0 Å². The predicted molar refractivity (Wildman–Crippen MR) is 76.5 cm³/mol. The fraction of sp³-hybridized carbons (Fsp3) is 0.250. The lowest BCUT2D eigenvalue weighted by Gasteiger charge is -2.07. The molecule has 0 fully saturated rings. The summed E-state index contributed by atoms with van der Waals surface area (Å²) < 4.78 is 5.12. The van der Waals surface area contributed by atoms with Crippen LogP contribution in [0, 0.1) is 0 Å². The van der Waals surface area contributed by atoms with Crippen LogP contribution >= 0.6 is 0 Å². The molecule has 0 amide bonds. The second-order valence-corrected chi connectivity index (χ2v) is 4.40. The molecule has 0 saturated carbocycles. The Morgan fingerprint density at radius 1 is 1.05 bits per heavy atom. The summed E-state index contributed by atoms with van der Waals surface area (Å²) in [7, 11) is 1.67. The molecule has 2 rings (SSSR count). The normalized spacial score (nSPS) is 10.4. The fourth-order valence-corrected chi connectivity index (χ4v) is 1.91. The fourth-order valence-electron chi connectivity index (χ4n) is 1.91. The predicted octanol–water partition coefficient (Wildman–Crippen LogP) is 2.73. The van der Waals surface area contributed by atoms with Crippen molar-refractivity contribution in [1.82, 2.24) is 5.32 Å². The number of benzene rings is 2. The van der Waals surface area contributed by atoms with Crippen molar-refractivity contribution < 1.29 is 9.84 Å². The van der Waals surface area contributed by atoms with Crippen LogP contribution in [0.5, 0.6) is 11.5 Å². The molecule has 0 spiro atoms. The van der Waals surface area contributed by atoms with Gasteiger partial charge in [0.2, 0.25) is 0 Å². The maximum atomic E-state index is 9.63. The number of hydrogen-bond donors (Lipinski definition) is 2. The van der Waals surface area contributed by atoms with Crippen LogP contribution in [0.25, 0.3) is 0 Å². The van der Waals surface area contributed by atoms with E-state index in [1.165, 1.54) is 5.56 Å². The van der Waals surface area contributed by atoms with E-state index in [0.717, 1.165) is 24.3 Å². The summed E-state index contributed by atoms with van der Waals surface area (Å²) in [5.41, 5.74) is 2.20. The van der Waals surface area contributed by atoms with Gasteiger partial charge in [-0.1, -0.05) is 30.3 Å². The van der Waals surface area contributed by atoms with Gasteiger partial charge in [0, 0.05) is 12.1 Å². The number of phenolic OH excluding ortho intramolecular Hbond substituents is 1. The first-order chi connectivity index (χ1) is 9.29. The average molecular weight is 257 g/mol. The second-order valence-electron chi connectivity index (χ2n) is 4.40. The van der Waals surface area contributed by atoms with Crippen molar-refractivity contribution >= 4 is 0 Å². The minimum atomic E-state index is 0.347. The number of phenols is 1. The SMILES string of the molecule is COc1ccc(CCNCc2ccccc2O)cc1. The minimum Gasteiger partial charge on any atom is -0.508 e. The third-order valence-electron chi connectivity index (χ3n) is 3.06. The van der Waals surface area contributed by atoms with E-state index >= 15 is 0 Å². The molecule has 0 aliphatic heterocycles. The van der Waals surface area contributed by atoms with Gasteiger partial charge in [0.05, 0.1) is 7.11 Å². The Kier molecular flexibility index (Phi) is 4.81. The Morgan fingerprint density at radius 3 is 2.47 bits per heavy atom. The smallest absolute Gasteiger partial charge is 0.120 e. The molecule has 100 valence electrons. The molecule has 0 radical (unpaired) electrons. The van der Waals surface area contributed by atoms with Crippen LogP contribution in [-0.4, -0.2) is 18.8 Å². The van der Waals surface area contributed by atoms with Crippen molar-refractivity contribution in [2.75, 3.05) is 13.7 Å². The molecule has 0 atom stereocenters. The van der Waals surface area contributed by atoms with E-state index < -0.39 is 0 Å². The quantitative estimate of drug-likeness (QED) is 0.782. The molecule has 19 heavy (non-hydrogen) atoms. The first-order valence-corrected chi connectivity index (χ1v) is 6.40. The van der Waals surface area contributed by atoms with Crippen LogP contribution in [0.1, 0.15) is 11.1 Å². The first kappa shape index (κ1) is 13.4. The van der Waals surface area contributed by atoms with Crippen LogP contribution < -0.4 is 10.1 Å². The van der Waals surface area contributed by atoms with Crippen molar-refractivity contribution in [2.45, 2.75) is 13.0 Å². The molecule has 0 saturated heterocycles.